The van der Waals surface area contributed by atoms with E-state index in [1.807, 2.05) is 12.1 Å². The minimum atomic E-state index is -0.201. The third-order valence-electron chi connectivity index (χ3n) is 3.84. The van der Waals surface area contributed by atoms with E-state index in [-0.39, 0.29) is 35.3 Å². The Morgan fingerprint density at radius 3 is 2.29 bits per heavy atom. The van der Waals surface area contributed by atoms with E-state index in [9.17, 15) is 4.39 Å². The van der Waals surface area contributed by atoms with Crippen molar-refractivity contribution in [3.8, 4) is 0 Å². The average molecular weight is 449 g/mol. The molecule has 1 aliphatic rings. The Morgan fingerprint density at radius 2 is 1.75 bits per heavy atom. The topological polar surface area (TPSA) is 56.9 Å². The SMILES string of the molecule is CC(C)(C)NCCN=C(N)N1CCN(c2ccc(F)cc2)CC1.I. The maximum Gasteiger partial charge on any atom is 0.191 e. The lowest BCUT2D eigenvalue weighted by Gasteiger charge is -2.36. The second-order valence-corrected chi connectivity index (χ2v) is 6.87. The molecule has 0 amide bonds. The molecule has 0 radical (unpaired) electrons. The summed E-state index contributed by atoms with van der Waals surface area (Å²) in [5.74, 6) is 0.409. The Balaban J connectivity index is 0.00000288. The molecule has 2 rings (SSSR count). The van der Waals surface area contributed by atoms with Gasteiger partial charge in [0.1, 0.15) is 5.82 Å². The van der Waals surface area contributed by atoms with Crippen molar-refractivity contribution in [3.05, 3.63) is 30.1 Å². The average Bonchev–Trinajstić information content (AvgIpc) is 2.51. The van der Waals surface area contributed by atoms with Crippen molar-refractivity contribution in [3.63, 3.8) is 0 Å². The molecule has 136 valence electrons. The van der Waals surface area contributed by atoms with E-state index in [4.69, 9.17) is 5.73 Å². The molecule has 0 aliphatic carbocycles. The van der Waals surface area contributed by atoms with Crippen LogP contribution in [0.4, 0.5) is 10.1 Å². The Kier molecular flexibility index (Phi) is 8.21. The number of nitrogens with one attached hydrogen (secondary N) is 1. The van der Waals surface area contributed by atoms with Crippen molar-refractivity contribution in [2.75, 3.05) is 44.2 Å². The molecule has 5 nitrogen and oxygen atoms in total. The van der Waals surface area contributed by atoms with E-state index in [0.29, 0.717) is 12.5 Å². The first-order valence-corrected chi connectivity index (χ1v) is 8.15. The molecule has 1 aromatic carbocycles. The summed E-state index contributed by atoms with van der Waals surface area (Å²) in [7, 11) is 0. The number of rotatable bonds is 4. The molecular formula is C17H29FIN5. The minimum absolute atomic E-state index is 0. The maximum absolute atomic E-state index is 13.0. The monoisotopic (exact) mass is 449 g/mol. The summed E-state index contributed by atoms with van der Waals surface area (Å²) in [5, 5.41) is 3.39. The molecule has 1 aromatic rings. The first kappa shape index (κ1) is 21.0. The summed E-state index contributed by atoms with van der Waals surface area (Å²) in [4.78, 5) is 8.80. The molecule has 0 aromatic heterocycles. The number of piperazine rings is 1. The van der Waals surface area contributed by atoms with Gasteiger partial charge in [-0.15, -0.1) is 24.0 Å². The fourth-order valence-corrected chi connectivity index (χ4v) is 2.55. The number of benzene rings is 1. The zero-order valence-corrected chi connectivity index (χ0v) is 17.1. The highest BCUT2D eigenvalue weighted by atomic mass is 127. The van der Waals surface area contributed by atoms with Gasteiger partial charge in [-0.05, 0) is 45.0 Å². The summed E-state index contributed by atoms with van der Waals surface area (Å²) in [5.41, 5.74) is 7.24. The molecule has 0 bridgehead atoms. The van der Waals surface area contributed by atoms with Crippen LogP contribution in [0.3, 0.4) is 0 Å². The minimum Gasteiger partial charge on any atom is -0.370 e. The van der Waals surface area contributed by atoms with Gasteiger partial charge in [0.25, 0.3) is 0 Å². The molecule has 1 saturated heterocycles. The molecule has 1 heterocycles. The smallest absolute Gasteiger partial charge is 0.191 e. The van der Waals surface area contributed by atoms with E-state index < -0.39 is 0 Å². The van der Waals surface area contributed by atoms with Crippen molar-refractivity contribution in [1.29, 1.82) is 0 Å². The van der Waals surface area contributed by atoms with Crippen LogP contribution in [-0.4, -0.2) is 55.7 Å². The molecule has 24 heavy (non-hydrogen) atoms. The van der Waals surface area contributed by atoms with Crippen LogP contribution in [0.15, 0.2) is 29.3 Å². The number of nitrogens with zero attached hydrogens (tertiary/aromatic N) is 3. The number of halogens is 2. The van der Waals surface area contributed by atoms with Crippen LogP contribution in [0.25, 0.3) is 0 Å². The molecule has 0 saturated carbocycles. The number of nitrogens with two attached hydrogens (primary N) is 1. The second-order valence-electron chi connectivity index (χ2n) is 6.87. The molecule has 7 heteroatoms. The van der Waals surface area contributed by atoms with Crippen molar-refractivity contribution in [1.82, 2.24) is 10.2 Å². The van der Waals surface area contributed by atoms with Crippen molar-refractivity contribution >= 4 is 35.6 Å². The summed E-state index contributed by atoms with van der Waals surface area (Å²) in [6, 6.07) is 6.64. The number of hydrogen-bond donors (Lipinski definition) is 2. The molecule has 1 aliphatic heterocycles. The van der Waals surface area contributed by atoms with Crippen molar-refractivity contribution in [2.45, 2.75) is 26.3 Å². The van der Waals surface area contributed by atoms with Gasteiger partial charge in [-0.1, -0.05) is 0 Å². The Bertz CT molecular complexity index is 519. The highest BCUT2D eigenvalue weighted by Gasteiger charge is 2.18. The lowest BCUT2D eigenvalue weighted by atomic mass is 10.1. The zero-order chi connectivity index (χ0) is 16.9. The highest BCUT2D eigenvalue weighted by molar-refractivity contribution is 14.0. The number of hydrogen-bond acceptors (Lipinski definition) is 3. The van der Waals surface area contributed by atoms with Gasteiger partial charge in [0.05, 0.1) is 6.54 Å². The number of aliphatic imine (C=N–C) groups is 1. The Labute approximate surface area is 161 Å². The maximum atomic E-state index is 13.0. The van der Waals surface area contributed by atoms with Crippen molar-refractivity contribution in [2.24, 2.45) is 10.7 Å². The Morgan fingerprint density at radius 1 is 1.17 bits per heavy atom. The lowest BCUT2D eigenvalue weighted by molar-refractivity contribution is 0.379. The van der Waals surface area contributed by atoms with E-state index >= 15 is 0 Å². The molecule has 3 N–H and O–H groups in total. The molecule has 1 fully saturated rings. The summed E-state index contributed by atoms with van der Waals surface area (Å²) in [6.45, 7) is 11.3. The van der Waals surface area contributed by atoms with Gasteiger partial charge in [-0.2, -0.15) is 0 Å². The van der Waals surface area contributed by atoms with Crippen LogP contribution in [0.2, 0.25) is 0 Å². The quantitative estimate of drug-likeness (QED) is 0.321. The van der Waals surface area contributed by atoms with Crippen LogP contribution in [0, 0.1) is 5.82 Å². The number of guanidine groups is 1. The van der Waals surface area contributed by atoms with Crippen molar-refractivity contribution < 1.29 is 4.39 Å². The van der Waals surface area contributed by atoms with E-state index in [0.717, 1.165) is 38.4 Å². The van der Waals surface area contributed by atoms with Crippen LogP contribution in [-0.2, 0) is 0 Å². The van der Waals surface area contributed by atoms with Crippen LogP contribution < -0.4 is 16.0 Å². The molecule has 0 spiro atoms. The highest BCUT2D eigenvalue weighted by Crippen LogP contribution is 2.16. The van der Waals surface area contributed by atoms with Gasteiger partial charge in [-0.3, -0.25) is 4.99 Å². The summed E-state index contributed by atoms with van der Waals surface area (Å²) in [6.07, 6.45) is 0. The predicted molar refractivity (Wildman–Crippen MR) is 110 cm³/mol. The van der Waals surface area contributed by atoms with Gasteiger partial charge in [0.2, 0.25) is 0 Å². The standard InChI is InChI=1S/C17H28FN5.HI/c1-17(2,3)21-9-8-20-16(19)23-12-10-22(11-13-23)15-6-4-14(18)5-7-15;/h4-7,21H,8-13H2,1-3H3,(H2,19,20);1H. The third-order valence-corrected chi connectivity index (χ3v) is 3.84. The molecular weight excluding hydrogens is 420 g/mol. The summed E-state index contributed by atoms with van der Waals surface area (Å²) < 4.78 is 13.0. The fourth-order valence-electron chi connectivity index (χ4n) is 2.55. The largest absolute Gasteiger partial charge is 0.370 e. The molecule has 0 atom stereocenters. The van der Waals surface area contributed by atoms with Gasteiger partial charge in [0.15, 0.2) is 5.96 Å². The zero-order valence-electron chi connectivity index (χ0n) is 14.8. The molecule has 0 unspecified atom stereocenters. The first-order valence-electron chi connectivity index (χ1n) is 8.15. The van der Waals surface area contributed by atoms with Crippen LogP contribution >= 0.6 is 24.0 Å². The summed E-state index contributed by atoms with van der Waals surface area (Å²) >= 11 is 0. The van der Waals surface area contributed by atoms with E-state index in [1.165, 1.54) is 12.1 Å². The van der Waals surface area contributed by atoms with Gasteiger partial charge >= 0.3 is 0 Å². The van der Waals surface area contributed by atoms with Gasteiger partial charge in [0, 0.05) is 44.0 Å². The normalized spacial score (nSPS) is 16.1. The van der Waals surface area contributed by atoms with Gasteiger partial charge in [-0.25, -0.2) is 4.39 Å². The first-order chi connectivity index (χ1) is 10.8. The predicted octanol–water partition coefficient (Wildman–Crippen LogP) is 2.27. The lowest BCUT2D eigenvalue weighted by Crippen LogP contribution is -2.51. The Hall–Kier alpha value is -1.09. The number of anilines is 1. The fraction of sp³-hybridized carbons (Fsp3) is 0.588. The van der Waals surface area contributed by atoms with Crippen LogP contribution in [0.5, 0.6) is 0 Å². The second kappa shape index (κ2) is 9.41. The van der Waals surface area contributed by atoms with E-state index in [1.54, 1.807) is 0 Å². The van der Waals surface area contributed by atoms with Gasteiger partial charge < -0.3 is 20.9 Å². The van der Waals surface area contributed by atoms with E-state index in [2.05, 4.69) is 40.9 Å². The third kappa shape index (κ3) is 6.80. The van der Waals surface area contributed by atoms with Crippen LogP contribution in [0.1, 0.15) is 20.8 Å².